The molecule has 6 aromatic heterocycles. The molecular weight excluding hydrogens is 488 g/mol. The van der Waals surface area contributed by atoms with Crippen molar-refractivity contribution in [2.45, 2.75) is 0 Å². The Bertz CT molecular complexity index is 1960. The number of anilines is 1. The lowest BCUT2D eigenvalue weighted by Gasteiger charge is -2.07. The van der Waals surface area contributed by atoms with Crippen molar-refractivity contribution in [2.75, 3.05) is 5.32 Å². The van der Waals surface area contributed by atoms with Gasteiger partial charge in [-0.25, -0.2) is 9.97 Å². The van der Waals surface area contributed by atoms with Crippen LogP contribution in [0, 0.1) is 0 Å². The van der Waals surface area contributed by atoms with E-state index in [0.29, 0.717) is 17.1 Å². The molecule has 0 aliphatic rings. The Balaban J connectivity index is 1.25. The van der Waals surface area contributed by atoms with Crippen LogP contribution >= 0.6 is 0 Å². The minimum absolute atomic E-state index is 0.193. The predicted molar refractivity (Wildman–Crippen MR) is 150 cm³/mol. The van der Waals surface area contributed by atoms with Gasteiger partial charge < -0.3 is 15.3 Å². The number of hydrogen-bond donors (Lipinski definition) is 3. The predicted octanol–water partition coefficient (Wildman–Crippen LogP) is 5.88. The van der Waals surface area contributed by atoms with E-state index in [1.165, 1.54) is 0 Å². The molecule has 0 unspecified atom stereocenters. The second kappa shape index (κ2) is 9.31. The molecule has 0 spiro atoms. The molecule has 7 aromatic rings. The van der Waals surface area contributed by atoms with Crippen LogP contribution in [0.3, 0.4) is 0 Å². The number of carbonyl (C=O) groups excluding carboxylic acids is 1. The first kappa shape index (κ1) is 22.5. The van der Waals surface area contributed by atoms with Crippen molar-refractivity contribution in [1.82, 2.24) is 34.9 Å². The zero-order valence-electron chi connectivity index (χ0n) is 20.5. The number of nitrogens with one attached hydrogen (secondary N) is 3. The smallest absolute Gasteiger partial charge is 0.255 e. The van der Waals surface area contributed by atoms with E-state index in [1.54, 1.807) is 55.5 Å². The van der Waals surface area contributed by atoms with Gasteiger partial charge in [0.05, 0.1) is 29.1 Å². The number of hydrogen-bond acceptors (Lipinski definition) is 6. The molecular formula is C30H20N8O. The first-order valence-electron chi connectivity index (χ1n) is 12.3. The van der Waals surface area contributed by atoms with Crippen molar-refractivity contribution in [3.05, 3.63) is 110 Å². The van der Waals surface area contributed by atoms with Crippen molar-refractivity contribution in [3.8, 4) is 33.6 Å². The molecule has 9 nitrogen and oxygen atoms in total. The zero-order valence-corrected chi connectivity index (χ0v) is 20.5. The number of H-pyrrole nitrogens is 2. The van der Waals surface area contributed by atoms with Gasteiger partial charge in [0.2, 0.25) is 0 Å². The number of carbonyl (C=O) groups is 1. The van der Waals surface area contributed by atoms with E-state index in [1.807, 2.05) is 48.7 Å². The lowest BCUT2D eigenvalue weighted by atomic mass is 10.1. The van der Waals surface area contributed by atoms with Crippen LogP contribution in [0.25, 0.3) is 55.7 Å². The second-order valence-electron chi connectivity index (χ2n) is 9.02. The molecule has 0 aliphatic carbocycles. The quantitative estimate of drug-likeness (QED) is 0.267. The van der Waals surface area contributed by atoms with Gasteiger partial charge in [-0.1, -0.05) is 24.3 Å². The number of nitrogens with zero attached hydrogens (tertiary/aromatic N) is 5. The summed E-state index contributed by atoms with van der Waals surface area (Å²) in [4.78, 5) is 41.8. The third-order valence-electron chi connectivity index (χ3n) is 6.52. The van der Waals surface area contributed by atoms with Crippen LogP contribution < -0.4 is 5.32 Å². The highest BCUT2D eigenvalue weighted by Gasteiger charge is 2.16. The minimum atomic E-state index is -0.193. The number of fused-ring (bicyclic) bond motifs is 2. The molecule has 0 saturated carbocycles. The number of aromatic amines is 2. The van der Waals surface area contributed by atoms with Gasteiger partial charge >= 0.3 is 0 Å². The van der Waals surface area contributed by atoms with Gasteiger partial charge in [-0.3, -0.25) is 19.7 Å². The Kier molecular flexibility index (Phi) is 5.37. The zero-order chi connectivity index (χ0) is 26.2. The molecule has 1 amide bonds. The Morgan fingerprint density at radius 2 is 1.62 bits per heavy atom. The van der Waals surface area contributed by atoms with Crippen LogP contribution in [0.5, 0.6) is 0 Å². The Labute approximate surface area is 222 Å². The molecule has 9 heteroatoms. The summed E-state index contributed by atoms with van der Waals surface area (Å²) in [5.74, 6) is 0.511. The summed E-state index contributed by atoms with van der Waals surface area (Å²) in [7, 11) is 0. The number of rotatable bonds is 5. The normalized spacial score (nSPS) is 11.2. The summed E-state index contributed by atoms with van der Waals surface area (Å²) in [5, 5.41) is 3.82. The van der Waals surface area contributed by atoms with Crippen LogP contribution in [0.1, 0.15) is 10.4 Å². The fourth-order valence-corrected chi connectivity index (χ4v) is 4.61. The van der Waals surface area contributed by atoms with Gasteiger partial charge in [-0.2, -0.15) is 0 Å². The van der Waals surface area contributed by atoms with E-state index in [0.717, 1.165) is 49.9 Å². The summed E-state index contributed by atoms with van der Waals surface area (Å²) in [6.45, 7) is 0. The van der Waals surface area contributed by atoms with Crippen LogP contribution in [0.2, 0.25) is 0 Å². The molecule has 1 aromatic carbocycles. The molecule has 0 aliphatic heterocycles. The molecule has 7 rings (SSSR count). The molecule has 6 heterocycles. The third-order valence-corrected chi connectivity index (χ3v) is 6.52. The topological polar surface area (TPSA) is 125 Å². The van der Waals surface area contributed by atoms with Gasteiger partial charge in [0.15, 0.2) is 0 Å². The fourth-order valence-electron chi connectivity index (χ4n) is 4.61. The fraction of sp³-hybridized carbons (Fsp3) is 0. The molecule has 3 N–H and O–H groups in total. The molecule has 186 valence electrons. The highest BCUT2D eigenvalue weighted by molar-refractivity contribution is 6.04. The van der Waals surface area contributed by atoms with E-state index in [-0.39, 0.29) is 5.91 Å². The summed E-state index contributed by atoms with van der Waals surface area (Å²) in [6.07, 6.45) is 14.2. The second-order valence-corrected chi connectivity index (χ2v) is 9.02. The standard InChI is InChI=1S/C30H20N8O/c39-30(18-5-2-1-3-6-18)36-22-9-20(12-32-14-22)21-10-23-25(16-35-28(23)34-13-21)29-37-26-17-33-15-24(27(26)38-29)19-7-4-8-31-11-19/h1-17H,(H,34,35)(H,36,39)(H,37,38). The highest BCUT2D eigenvalue weighted by atomic mass is 16.1. The Morgan fingerprint density at radius 1 is 0.769 bits per heavy atom. The van der Waals surface area contributed by atoms with Crippen LogP contribution in [0.15, 0.2) is 104 Å². The highest BCUT2D eigenvalue weighted by Crippen LogP contribution is 2.33. The van der Waals surface area contributed by atoms with Crippen LogP contribution in [-0.4, -0.2) is 40.8 Å². The van der Waals surface area contributed by atoms with Crippen molar-refractivity contribution < 1.29 is 4.79 Å². The maximum Gasteiger partial charge on any atom is 0.255 e. The lowest BCUT2D eigenvalue weighted by molar-refractivity contribution is 0.102. The molecule has 0 bridgehead atoms. The number of amides is 1. The minimum Gasteiger partial charge on any atom is -0.345 e. The van der Waals surface area contributed by atoms with E-state index in [9.17, 15) is 4.79 Å². The van der Waals surface area contributed by atoms with Gasteiger partial charge in [0.25, 0.3) is 5.91 Å². The number of pyridine rings is 4. The molecule has 0 saturated heterocycles. The average Bonchev–Trinajstić information content (AvgIpc) is 3.62. The maximum absolute atomic E-state index is 12.6. The maximum atomic E-state index is 12.6. The van der Waals surface area contributed by atoms with Crippen molar-refractivity contribution in [2.24, 2.45) is 0 Å². The summed E-state index contributed by atoms with van der Waals surface area (Å²) in [6, 6.07) is 16.9. The monoisotopic (exact) mass is 508 g/mol. The SMILES string of the molecule is O=C(Nc1cncc(-c2cnc3[nH]cc(-c4nc5c(-c6cccnc6)cncc5[nH]4)c3c2)c1)c1ccccc1. The molecule has 0 radical (unpaired) electrons. The Morgan fingerprint density at radius 3 is 2.49 bits per heavy atom. The van der Waals surface area contributed by atoms with E-state index >= 15 is 0 Å². The number of benzene rings is 1. The number of imidazole rings is 1. The average molecular weight is 509 g/mol. The van der Waals surface area contributed by atoms with Crippen LogP contribution in [-0.2, 0) is 0 Å². The van der Waals surface area contributed by atoms with Crippen molar-refractivity contribution >= 4 is 33.7 Å². The summed E-state index contributed by atoms with van der Waals surface area (Å²) in [5.41, 5.74) is 7.99. The molecule has 0 fully saturated rings. The van der Waals surface area contributed by atoms with Crippen LogP contribution in [0.4, 0.5) is 5.69 Å². The van der Waals surface area contributed by atoms with E-state index in [4.69, 9.17) is 4.98 Å². The van der Waals surface area contributed by atoms with Gasteiger partial charge in [-0.05, 0) is 30.3 Å². The summed E-state index contributed by atoms with van der Waals surface area (Å²) < 4.78 is 0. The van der Waals surface area contributed by atoms with Gasteiger partial charge in [-0.15, -0.1) is 0 Å². The number of aromatic nitrogens is 7. The molecule has 0 atom stereocenters. The van der Waals surface area contributed by atoms with E-state index in [2.05, 4.69) is 35.2 Å². The van der Waals surface area contributed by atoms with Gasteiger partial charge in [0, 0.05) is 75.9 Å². The third kappa shape index (κ3) is 4.17. The van der Waals surface area contributed by atoms with Crippen molar-refractivity contribution in [3.63, 3.8) is 0 Å². The largest absolute Gasteiger partial charge is 0.345 e. The molecule has 39 heavy (non-hydrogen) atoms. The summed E-state index contributed by atoms with van der Waals surface area (Å²) >= 11 is 0. The van der Waals surface area contributed by atoms with Gasteiger partial charge in [0.1, 0.15) is 11.5 Å². The van der Waals surface area contributed by atoms with E-state index < -0.39 is 0 Å². The Hall–Kier alpha value is -5.70. The lowest BCUT2D eigenvalue weighted by Crippen LogP contribution is -2.11. The first-order chi connectivity index (χ1) is 19.2. The van der Waals surface area contributed by atoms with Crippen molar-refractivity contribution in [1.29, 1.82) is 0 Å². The first-order valence-corrected chi connectivity index (χ1v) is 12.3.